The second-order valence-corrected chi connectivity index (χ2v) is 8.78. The molecule has 0 saturated carbocycles. The maximum Gasteiger partial charge on any atom is 0.109 e. The normalized spacial score (nSPS) is 25.9. The van der Waals surface area contributed by atoms with Gasteiger partial charge in [-0.25, -0.2) is 0 Å². The fourth-order valence-electron chi connectivity index (χ4n) is 3.85. The Hall–Kier alpha value is -1.30. The Labute approximate surface area is 136 Å². The van der Waals surface area contributed by atoms with Gasteiger partial charge in [-0.2, -0.15) is 5.26 Å². The summed E-state index contributed by atoms with van der Waals surface area (Å²) in [5.74, 6) is 1.66. The van der Waals surface area contributed by atoms with Crippen molar-refractivity contribution in [1.82, 2.24) is 4.90 Å². The zero-order valence-electron chi connectivity index (χ0n) is 15.3. The maximum absolute atomic E-state index is 9.10. The molecule has 3 nitrogen and oxygen atoms in total. The number of hydrogen-bond acceptors (Lipinski definition) is 3. The van der Waals surface area contributed by atoms with Crippen LogP contribution >= 0.6 is 0 Å². The van der Waals surface area contributed by atoms with E-state index in [4.69, 9.17) is 10.3 Å². The number of amidine groups is 1. The van der Waals surface area contributed by atoms with E-state index in [1.54, 1.807) is 0 Å². The zero-order valence-corrected chi connectivity index (χ0v) is 15.3. The molecule has 1 saturated heterocycles. The zero-order chi connectivity index (χ0) is 16.7. The van der Waals surface area contributed by atoms with E-state index in [0.717, 1.165) is 19.4 Å². The van der Waals surface area contributed by atoms with Gasteiger partial charge in [0.05, 0.1) is 12.1 Å². The fraction of sp³-hybridized carbons (Fsp3) is 0.789. The molecular weight excluding hydrogens is 270 g/mol. The molecule has 2 heterocycles. The van der Waals surface area contributed by atoms with Crippen molar-refractivity contribution in [1.29, 1.82) is 5.26 Å². The maximum atomic E-state index is 9.10. The minimum Gasteiger partial charge on any atom is -0.333 e. The lowest BCUT2D eigenvalue weighted by Gasteiger charge is -2.42. The average molecular weight is 301 g/mol. The van der Waals surface area contributed by atoms with Gasteiger partial charge in [-0.1, -0.05) is 48.5 Å². The Kier molecular flexibility index (Phi) is 4.44. The van der Waals surface area contributed by atoms with E-state index < -0.39 is 0 Å². The highest BCUT2D eigenvalue weighted by molar-refractivity contribution is 5.90. The summed E-state index contributed by atoms with van der Waals surface area (Å²) in [6, 6.07) is 2.66. The van der Waals surface area contributed by atoms with Crippen LogP contribution in [0.5, 0.6) is 0 Å². The minimum atomic E-state index is 0.0453. The van der Waals surface area contributed by atoms with Gasteiger partial charge in [0.15, 0.2) is 0 Å². The molecule has 0 aromatic carbocycles. The van der Waals surface area contributed by atoms with Crippen LogP contribution in [0.4, 0.5) is 0 Å². The summed E-state index contributed by atoms with van der Waals surface area (Å²) >= 11 is 0. The number of fused-ring (bicyclic) bond motifs is 1. The van der Waals surface area contributed by atoms with Gasteiger partial charge < -0.3 is 4.90 Å². The van der Waals surface area contributed by atoms with Crippen molar-refractivity contribution < 1.29 is 0 Å². The van der Waals surface area contributed by atoms with Gasteiger partial charge >= 0.3 is 0 Å². The molecule has 3 heteroatoms. The van der Waals surface area contributed by atoms with Crippen molar-refractivity contribution in [2.24, 2.45) is 21.7 Å². The average Bonchev–Trinajstić information content (AvgIpc) is 2.77. The Morgan fingerprint density at radius 3 is 2.27 bits per heavy atom. The molecule has 0 spiro atoms. The number of hydrogen-bond donors (Lipinski definition) is 0. The molecule has 2 aliphatic rings. The van der Waals surface area contributed by atoms with Crippen LogP contribution in [-0.2, 0) is 0 Å². The third kappa shape index (κ3) is 3.07. The first-order valence-corrected chi connectivity index (χ1v) is 8.55. The second-order valence-electron chi connectivity index (χ2n) is 8.78. The first-order valence-electron chi connectivity index (χ1n) is 8.55. The van der Waals surface area contributed by atoms with Crippen molar-refractivity contribution in [2.45, 2.75) is 73.8 Å². The molecule has 0 N–H and O–H groups in total. The molecule has 0 aromatic rings. The van der Waals surface area contributed by atoms with Crippen LogP contribution in [-0.4, -0.2) is 23.3 Å². The Balaban J connectivity index is 2.54. The molecule has 0 unspecified atom stereocenters. The van der Waals surface area contributed by atoms with Crippen LogP contribution in [0.25, 0.3) is 0 Å². The van der Waals surface area contributed by atoms with Crippen LogP contribution in [0.2, 0.25) is 0 Å². The van der Waals surface area contributed by atoms with Crippen molar-refractivity contribution in [3.63, 3.8) is 0 Å². The highest BCUT2D eigenvalue weighted by Crippen LogP contribution is 2.45. The third-order valence-electron chi connectivity index (χ3n) is 4.67. The van der Waals surface area contributed by atoms with E-state index in [1.165, 1.54) is 17.1 Å². The summed E-state index contributed by atoms with van der Waals surface area (Å²) in [6.45, 7) is 16.8. The Morgan fingerprint density at radius 2 is 1.82 bits per heavy atom. The lowest BCUT2D eigenvalue weighted by molar-refractivity contribution is 0.382. The van der Waals surface area contributed by atoms with Crippen LogP contribution < -0.4 is 0 Å². The number of rotatable bonds is 2. The van der Waals surface area contributed by atoms with Gasteiger partial charge in [0, 0.05) is 24.1 Å². The minimum absolute atomic E-state index is 0.0453. The summed E-state index contributed by atoms with van der Waals surface area (Å²) in [4.78, 5) is 7.60. The van der Waals surface area contributed by atoms with Crippen LogP contribution in [0.15, 0.2) is 16.3 Å². The van der Waals surface area contributed by atoms with E-state index in [2.05, 4.69) is 59.4 Å². The van der Waals surface area contributed by atoms with Crippen molar-refractivity contribution in [3.05, 3.63) is 11.3 Å². The molecular formula is C19H31N3. The smallest absolute Gasteiger partial charge is 0.109 e. The molecule has 0 bridgehead atoms. The van der Waals surface area contributed by atoms with Gasteiger partial charge in [0.2, 0.25) is 0 Å². The van der Waals surface area contributed by atoms with Crippen LogP contribution in [0.3, 0.4) is 0 Å². The number of allylic oxidation sites excluding steroid dienone is 1. The van der Waals surface area contributed by atoms with E-state index in [1.807, 2.05) is 0 Å². The number of aliphatic imine (C=N–C) groups is 1. The summed E-state index contributed by atoms with van der Waals surface area (Å²) in [7, 11) is 0. The quantitative estimate of drug-likeness (QED) is 0.737. The largest absolute Gasteiger partial charge is 0.333 e. The highest BCUT2D eigenvalue weighted by atomic mass is 15.3. The Bertz CT molecular complexity index is 534. The van der Waals surface area contributed by atoms with E-state index in [0.29, 0.717) is 18.4 Å². The SMILES string of the molecule is CC[C@@H]1N=C(C(C)(C)C)N2C[C@H](CC#N)CC2=C1C(C)(C)C. The van der Waals surface area contributed by atoms with Crippen LogP contribution in [0, 0.1) is 28.1 Å². The van der Waals surface area contributed by atoms with Gasteiger partial charge in [0.25, 0.3) is 0 Å². The highest BCUT2D eigenvalue weighted by Gasteiger charge is 2.42. The molecule has 0 radical (unpaired) electrons. The van der Waals surface area contributed by atoms with Gasteiger partial charge in [0.1, 0.15) is 5.84 Å². The van der Waals surface area contributed by atoms with Gasteiger partial charge in [-0.3, -0.25) is 4.99 Å². The summed E-state index contributed by atoms with van der Waals surface area (Å²) < 4.78 is 0. The first kappa shape index (κ1) is 17.1. The standard InChI is InChI=1S/C19H31N3/c1-8-14-16(18(2,3)4)15-11-13(9-10-20)12-22(15)17(21-14)19(5,6)7/h13-14H,8-9,11-12H2,1-7H3/t13-,14+/m1/s1. The van der Waals surface area contributed by atoms with Crippen LogP contribution in [0.1, 0.15) is 67.7 Å². The molecule has 1 fully saturated rings. The molecule has 22 heavy (non-hydrogen) atoms. The van der Waals surface area contributed by atoms with Crippen molar-refractivity contribution >= 4 is 5.84 Å². The van der Waals surface area contributed by atoms with E-state index in [9.17, 15) is 0 Å². The fourth-order valence-corrected chi connectivity index (χ4v) is 3.85. The van der Waals surface area contributed by atoms with E-state index in [-0.39, 0.29) is 10.8 Å². The predicted octanol–water partition coefficient (Wildman–Crippen LogP) is 4.76. The molecule has 2 atom stereocenters. The lowest BCUT2D eigenvalue weighted by atomic mass is 9.77. The summed E-state index contributed by atoms with van der Waals surface area (Å²) in [6.07, 6.45) is 2.73. The van der Waals surface area contributed by atoms with Gasteiger partial charge in [-0.05, 0) is 29.7 Å². The molecule has 0 amide bonds. The van der Waals surface area contributed by atoms with E-state index >= 15 is 0 Å². The number of nitriles is 1. The monoisotopic (exact) mass is 301 g/mol. The third-order valence-corrected chi connectivity index (χ3v) is 4.67. The molecule has 2 rings (SSSR count). The topological polar surface area (TPSA) is 39.4 Å². The van der Waals surface area contributed by atoms with Crippen molar-refractivity contribution in [2.75, 3.05) is 6.54 Å². The molecule has 2 aliphatic heterocycles. The summed E-state index contributed by atoms with van der Waals surface area (Å²) in [5, 5.41) is 9.10. The molecule has 0 aliphatic carbocycles. The van der Waals surface area contributed by atoms with Crippen molar-refractivity contribution in [3.8, 4) is 6.07 Å². The predicted molar refractivity (Wildman–Crippen MR) is 92.5 cm³/mol. The van der Waals surface area contributed by atoms with Gasteiger partial charge in [-0.15, -0.1) is 0 Å². The second kappa shape index (κ2) is 5.72. The molecule has 122 valence electrons. The number of nitrogens with zero attached hydrogens (tertiary/aromatic N) is 3. The Morgan fingerprint density at radius 1 is 1.18 bits per heavy atom. The first-order chi connectivity index (χ1) is 10.1. The summed E-state index contributed by atoms with van der Waals surface area (Å²) in [5.41, 5.74) is 3.12. The lowest BCUT2D eigenvalue weighted by Crippen LogP contribution is -2.43. The molecule has 0 aromatic heterocycles.